The molecule has 0 fully saturated rings. The molecule has 0 saturated carbocycles. The highest BCUT2D eigenvalue weighted by Gasteiger charge is 2.08. The Balaban J connectivity index is 2.28. The lowest BCUT2D eigenvalue weighted by Gasteiger charge is -2.12. The Bertz CT molecular complexity index is 535. The molecule has 2 aromatic rings. The maximum atomic E-state index is 9.23. The van der Waals surface area contributed by atoms with Crippen LogP contribution >= 0.6 is 0 Å². The average Bonchev–Trinajstić information content (AvgIpc) is 2.86. The van der Waals surface area contributed by atoms with Gasteiger partial charge >= 0.3 is 0 Å². The first-order valence-electron chi connectivity index (χ1n) is 6.55. The van der Waals surface area contributed by atoms with Crippen LogP contribution in [0.4, 0.5) is 0 Å². The number of hydrogen-bond donors (Lipinski definition) is 1. The largest absolute Gasteiger partial charge is 0.496 e. The third kappa shape index (κ3) is 3.15. The number of rotatable bonds is 6. The van der Waals surface area contributed by atoms with Crippen molar-refractivity contribution in [3.05, 3.63) is 47.5 Å². The first-order valence-corrected chi connectivity index (χ1v) is 6.55. The van der Waals surface area contributed by atoms with E-state index in [1.807, 2.05) is 30.6 Å². The van der Waals surface area contributed by atoms with E-state index in [2.05, 4.69) is 16.5 Å². The average molecular weight is 260 g/mol. The molecule has 19 heavy (non-hydrogen) atoms. The fraction of sp³-hybridized carbons (Fsp3) is 0.400. The van der Waals surface area contributed by atoms with Crippen molar-refractivity contribution < 1.29 is 9.84 Å². The number of methoxy groups -OCH3 is 1. The van der Waals surface area contributed by atoms with E-state index in [1.165, 1.54) is 0 Å². The van der Waals surface area contributed by atoms with Crippen LogP contribution in [0.3, 0.4) is 0 Å². The summed E-state index contributed by atoms with van der Waals surface area (Å²) in [4.78, 5) is 4.37. The van der Waals surface area contributed by atoms with Crippen LogP contribution < -0.4 is 4.74 Å². The van der Waals surface area contributed by atoms with Crippen molar-refractivity contribution in [1.29, 1.82) is 0 Å². The van der Waals surface area contributed by atoms with Crippen molar-refractivity contribution in [3.63, 3.8) is 0 Å². The standard InChI is InChI=1S/C15H20N2O2/c1-3-4-15-16-7-8-17(15)10-13-9-12(11-18)5-6-14(13)19-2/h5-9,18H,3-4,10-11H2,1-2H3. The van der Waals surface area contributed by atoms with Crippen LogP contribution in [0.2, 0.25) is 0 Å². The van der Waals surface area contributed by atoms with Gasteiger partial charge in [-0.05, 0) is 24.1 Å². The van der Waals surface area contributed by atoms with E-state index in [1.54, 1.807) is 7.11 Å². The summed E-state index contributed by atoms with van der Waals surface area (Å²) < 4.78 is 7.51. The quantitative estimate of drug-likeness (QED) is 0.867. The van der Waals surface area contributed by atoms with Gasteiger partial charge in [0.2, 0.25) is 0 Å². The van der Waals surface area contributed by atoms with Gasteiger partial charge in [-0.25, -0.2) is 4.98 Å². The van der Waals surface area contributed by atoms with Gasteiger partial charge in [0.1, 0.15) is 11.6 Å². The molecule has 0 radical (unpaired) electrons. The minimum absolute atomic E-state index is 0.0444. The molecule has 4 heteroatoms. The summed E-state index contributed by atoms with van der Waals surface area (Å²) >= 11 is 0. The van der Waals surface area contributed by atoms with Crippen LogP contribution in [0.15, 0.2) is 30.6 Å². The molecule has 0 amide bonds. The smallest absolute Gasteiger partial charge is 0.123 e. The number of aliphatic hydroxyl groups excluding tert-OH is 1. The number of ether oxygens (including phenoxy) is 1. The molecule has 4 nitrogen and oxygen atoms in total. The molecule has 0 aliphatic carbocycles. The van der Waals surface area contributed by atoms with Crippen molar-refractivity contribution in [2.45, 2.75) is 32.9 Å². The van der Waals surface area contributed by atoms with Crippen molar-refractivity contribution in [3.8, 4) is 5.75 Å². The number of nitrogens with zero attached hydrogens (tertiary/aromatic N) is 2. The lowest BCUT2D eigenvalue weighted by atomic mass is 10.1. The van der Waals surface area contributed by atoms with Crippen LogP contribution in [-0.4, -0.2) is 21.8 Å². The van der Waals surface area contributed by atoms with E-state index < -0.39 is 0 Å². The SMILES string of the molecule is CCCc1nccn1Cc1cc(CO)ccc1OC. The molecule has 1 aromatic carbocycles. The second kappa shape index (κ2) is 6.38. The number of benzene rings is 1. The summed E-state index contributed by atoms with van der Waals surface area (Å²) in [7, 11) is 1.66. The number of aliphatic hydroxyl groups is 1. The third-order valence-electron chi connectivity index (χ3n) is 3.14. The van der Waals surface area contributed by atoms with Crippen molar-refractivity contribution in [2.75, 3.05) is 7.11 Å². The molecule has 0 unspecified atom stereocenters. The minimum atomic E-state index is 0.0444. The highest BCUT2D eigenvalue weighted by molar-refractivity contribution is 5.37. The van der Waals surface area contributed by atoms with Gasteiger partial charge in [-0.15, -0.1) is 0 Å². The topological polar surface area (TPSA) is 47.3 Å². The number of aryl methyl sites for hydroxylation is 1. The lowest BCUT2D eigenvalue weighted by Crippen LogP contribution is -2.06. The molecule has 1 aromatic heterocycles. The second-order valence-corrected chi connectivity index (χ2v) is 4.53. The van der Waals surface area contributed by atoms with Crippen LogP contribution in [-0.2, 0) is 19.6 Å². The monoisotopic (exact) mass is 260 g/mol. The van der Waals surface area contributed by atoms with E-state index in [-0.39, 0.29) is 6.61 Å². The van der Waals surface area contributed by atoms with E-state index in [0.29, 0.717) is 6.54 Å². The molecule has 0 aliphatic heterocycles. The predicted octanol–water partition coefficient (Wildman–Crippen LogP) is 2.38. The fourth-order valence-electron chi connectivity index (χ4n) is 2.17. The van der Waals surface area contributed by atoms with Gasteiger partial charge in [-0.2, -0.15) is 0 Å². The summed E-state index contributed by atoms with van der Waals surface area (Å²) in [6.07, 6.45) is 5.85. The first kappa shape index (κ1) is 13.6. The molecule has 0 aliphatic rings. The number of aromatic nitrogens is 2. The molecule has 1 N–H and O–H groups in total. The molecule has 2 rings (SSSR count). The van der Waals surface area contributed by atoms with Gasteiger partial charge in [0.25, 0.3) is 0 Å². The number of hydrogen-bond acceptors (Lipinski definition) is 3. The van der Waals surface area contributed by atoms with Crippen molar-refractivity contribution in [2.24, 2.45) is 0 Å². The Kier molecular flexibility index (Phi) is 4.58. The Morgan fingerprint density at radius 3 is 2.89 bits per heavy atom. The van der Waals surface area contributed by atoms with Gasteiger partial charge in [0.15, 0.2) is 0 Å². The van der Waals surface area contributed by atoms with Crippen LogP contribution in [0.1, 0.15) is 30.3 Å². The zero-order chi connectivity index (χ0) is 13.7. The maximum absolute atomic E-state index is 9.23. The Labute approximate surface area is 113 Å². The van der Waals surface area contributed by atoms with Crippen LogP contribution in [0, 0.1) is 0 Å². The predicted molar refractivity (Wildman–Crippen MR) is 74.2 cm³/mol. The normalized spacial score (nSPS) is 10.7. The second-order valence-electron chi connectivity index (χ2n) is 4.53. The molecular weight excluding hydrogens is 240 g/mol. The third-order valence-corrected chi connectivity index (χ3v) is 3.14. The summed E-state index contributed by atoms with van der Waals surface area (Å²) in [5.41, 5.74) is 1.96. The van der Waals surface area contributed by atoms with E-state index in [0.717, 1.165) is 35.5 Å². The first-order chi connectivity index (χ1) is 9.28. The van der Waals surface area contributed by atoms with Crippen molar-refractivity contribution in [1.82, 2.24) is 9.55 Å². The van der Waals surface area contributed by atoms with Gasteiger partial charge in [-0.1, -0.05) is 13.0 Å². The molecule has 0 atom stereocenters. The molecular formula is C15H20N2O2. The molecule has 102 valence electrons. The van der Waals surface area contributed by atoms with Crippen LogP contribution in [0.25, 0.3) is 0 Å². The van der Waals surface area contributed by atoms with Gasteiger partial charge < -0.3 is 14.4 Å². The Morgan fingerprint density at radius 2 is 2.21 bits per heavy atom. The van der Waals surface area contributed by atoms with Crippen LogP contribution in [0.5, 0.6) is 5.75 Å². The lowest BCUT2D eigenvalue weighted by molar-refractivity contribution is 0.281. The maximum Gasteiger partial charge on any atom is 0.123 e. The van der Waals surface area contributed by atoms with Gasteiger partial charge in [0.05, 0.1) is 20.3 Å². The zero-order valence-electron chi connectivity index (χ0n) is 11.5. The minimum Gasteiger partial charge on any atom is -0.496 e. The zero-order valence-corrected chi connectivity index (χ0v) is 11.5. The summed E-state index contributed by atoms with van der Waals surface area (Å²) in [6.45, 7) is 2.90. The molecule has 1 heterocycles. The Hall–Kier alpha value is -1.81. The summed E-state index contributed by atoms with van der Waals surface area (Å²) in [5.74, 6) is 1.92. The summed E-state index contributed by atoms with van der Waals surface area (Å²) in [6, 6.07) is 5.76. The highest BCUT2D eigenvalue weighted by atomic mass is 16.5. The van der Waals surface area contributed by atoms with Gasteiger partial charge in [0, 0.05) is 24.4 Å². The van der Waals surface area contributed by atoms with Crippen molar-refractivity contribution >= 4 is 0 Å². The summed E-state index contributed by atoms with van der Waals surface area (Å²) in [5, 5.41) is 9.23. The Morgan fingerprint density at radius 1 is 1.37 bits per heavy atom. The molecule has 0 bridgehead atoms. The van der Waals surface area contributed by atoms with E-state index >= 15 is 0 Å². The fourth-order valence-corrected chi connectivity index (χ4v) is 2.17. The van der Waals surface area contributed by atoms with E-state index in [9.17, 15) is 5.11 Å². The molecule has 0 spiro atoms. The molecule has 0 saturated heterocycles. The van der Waals surface area contributed by atoms with Gasteiger partial charge in [-0.3, -0.25) is 0 Å². The van der Waals surface area contributed by atoms with E-state index in [4.69, 9.17) is 4.74 Å². The highest BCUT2D eigenvalue weighted by Crippen LogP contribution is 2.21. The number of imidazole rings is 1.